The third kappa shape index (κ3) is 3.51. The minimum Gasteiger partial charge on any atom is -0.360 e. The molecule has 5 rings (SSSR count). The van der Waals surface area contributed by atoms with Crippen molar-refractivity contribution in [3.63, 3.8) is 0 Å². The molecule has 12 heteroatoms. The smallest absolute Gasteiger partial charge is 0.330 e. The van der Waals surface area contributed by atoms with Crippen molar-refractivity contribution in [2.75, 3.05) is 18.4 Å². The molecule has 0 aromatic carbocycles. The van der Waals surface area contributed by atoms with Crippen molar-refractivity contribution >= 4 is 27.1 Å². The molecule has 4 heterocycles. The van der Waals surface area contributed by atoms with E-state index in [1.165, 1.54) is 10.5 Å². The van der Waals surface area contributed by atoms with Crippen LogP contribution in [-0.4, -0.2) is 56.1 Å². The van der Waals surface area contributed by atoms with E-state index in [2.05, 4.69) is 20.4 Å². The van der Waals surface area contributed by atoms with Crippen molar-refractivity contribution in [1.29, 1.82) is 0 Å². The van der Waals surface area contributed by atoms with Gasteiger partial charge in [-0.2, -0.15) is 9.29 Å². The van der Waals surface area contributed by atoms with Crippen molar-refractivity contribution in [1.82, 2.24) is 28.6 Å². The van der Waals surface area contributed by atoms with Crippen molar-refractivity contribution in [2.45, 2.75) is 62.4 Å². The zero-order chi connectivity index (χ0) is 22.5. The standard InChI is InChI=1S/C20H27N7O4S/c1-13-17(12-22-31-13)32(29,30)26-9-7-14(8-10-26)23-19-21-11-16-18(24-19)27(20(28)25(16)2)15-5-3-4-6-15/h11-12,14-15H,3-10H2,1-2H3,(H,21,23,24). The average Bonchev–Trinajstić information content (AvgIpc) is 3.50. The van der Waals surface area contributed by atoms with E-state index in [0.717, 1.165) is 31.2 Å². The normalized spacial score (nSPS) is 19.2. The lowest BCUT2D eigenvalue weighted by molar-refractivity contribution is 0.328. The molecule has 1 saturated heterocycles. The molecule has 1 aliphatic heterocycles. The summed E-state index contributed by atoms with van der Waals surface area (Å²) in [5, 5.41) is 6.92. The van der Waals surface area contributed by atoms with Crippen LogP contribution in [0.2, 0.25) is 0 Å². The summed E-state index contributed by atoms with van der Waals surface area (Å²) in [5.41, 5.74) is 1.32. The monoisotopic (exact) mass is 461 g/mol. The van der Waals surface area contributed by atoms with Crippen molar-refractivity contribution in [3.05, 3.63) is 28.6 Å². The van der Waals surface area contributed by atoms with Crippen LogP contribution >= 0.6 is 0 Å². The minimum absolute atomic E-state index is 0.0397. The molecule has 11 nitrogen and oxygen atoms in total. The number of fused-ring (bicyclic) bond motifs is 1. The first-order valence-corrected chi connectivity index (χ1v) is 12.4. The van der Waals surface area contributed by atoms with Gasteiger partial charge in [0.05, 0.1) is 12.4 Å². The van der Waals surface area contributed by atoms with Crippen molar-refractivity contribution < 1.29 is 12.9 Å². The van der Waals surface area contributed by atoms with Gasteiger partial charge in [-0.25, -0.2) is 18.2 Å². The zero-order valence-corrected chi connectivity index (χ0v) is 19.0. The largest absolute Gasteiger partial charge is 0.360 e. The predicted molar refractivity (Wildman–Crippen MR) is 117 cm³/mol. The van der Waals surface area contributed by atoms with Gasteiger partial charge in [-0.3, -0.25) is 9.13 Å². The number of hydrogen-bond donors (Lipinski definition) is 1. The molecule has 0 bridgehead atoms. The van der Waals surface area contributed by atoms with Crippen molar-refractivity contribution in [3.8, 4) is 0 Å². The highest BCUT2D eigenvalue weighted by molar-refractivity contribution is 7.89. The molecule has 0 radical (unpaired) electrons. The lowest BCUT2D eigenvalue weighted by Gasteiger charge is -2.31. The molecular weight excluding hydrogens is 434 g/mol. The Labute approximate surface area is 185 Å². The number of hydrogen-bond acceptors (Lipinski definition) is 8. The van der Waals surface area contributed by atoms with E-state index in [1.807, 2.05) is 4.57 Å². The van der Waals surface area contributed by atoms with Gasteiger partial charge in [0.2, 0.25) is 16.0 Å². The summed E-state index contributed by atoms with van der Waals surface area (Å²) in [5.74, 6) is 0.758. The minimum atomic E-state index is -3.61. The van der Waals surface area contributed by atoms with Crippen LogP contribution in [0.5, 0.6) is 0 Å². The number of rotatable bonds is 5. The second-order valence-corrected chi connectivity index (χ2v) is 10.5. The molecule has 3 aromatic rings. The van der Waals surface area contributed by atoms with Crippen LogP contribution in [0.1, 0.15) is 50.3 Å². The fourth-order valence-corrected chi connectivity index (χ4v) is 6.34. The van der Waals surface area contributed by atoms with E-state index in [9.17, 15) is 13.2 Å². The summed E-state index contributed by atoms with van der Waals surface area (Å²) in [6, 6.07) is 0.223. The topological polar surface area (TPSA) is 128 Å². The molecule has 0 spiro atoms. The molecule has 3 aromatic heterocycles. The summed E-state index contributed by atoms with van der Waals surface area (Å²) in [4.78, 5) is 22.0. The number of piperidine rings is 1. The van der Waals surface area contributed by atoms with Gasteiger partial charge < -0.3 is 9.84 Å². The summed E-state index contributed by atoms with van der Waals surface area (Å²) in [7, 11) is -1.86. The van der Waals surface area contributed by atoms with Crippen LogP contribution in [0.3, 0.4) is 0 Å². The second-order valence-electron chi connectivity index (χ2n) is 8.62. The van der Waals surface area contributed by atoms with Crippen LogP contribution in [0.4, 0.5) is 5.95 Å². The Morgan fingerprint density at radius 3 is 2.50 bits per heavy atom. The van der Waals surface area contributed by atoms with E-state index in [4.69, 9.17) is 4.52 Å². The van der Waals surface area contributed by atoms with Crippen molar-refractivity contribution in [2.24, 2.45) is 7.05 Å². The Bertz CT molecular complexity index is 1300. The summed E-state index contributed by atoms with van der Waals surface area (Å²) in [6.45, 7) is 2.35. The lowest BCUT2D eigenvalue weighted by Crippen LogP contribution is -2.42. The lowest BCUT2D eigenvalue weighted by atomic mass is 10.1. The highest BCUT2D eigenvalue weighted by atomic mass is 32.2. The fourth-order valence-electron chi connectivity index (χ4n) is 4.80. The number of imidazole rings is 1. The van der Waals surface area contributed by atoms with Gasteiger partial charge in [0.15, 0.2) is 11.4 Å². The van der Waals surface area contributed by atoms with Gasteiger partial charge in [0, 0.05) is 32.2 Å². The molecule has 0 atom stereocenters. The van der Waals surface area contributed by atoms with E-state index < -0.39 is 10.0 Å². The van der Waals surface area contributed by atoms with Gasteiger partial charge in [0.1, 0.15) is 10.4 Å². The molecule has 0 amide bonds. The number of aromatic nitrogens is 5. The highest BCUT2D eigenvalue weighted by Gasteiger charge is 2.32. The van der Waals surface area contributed by atoms with E-state index >= 15 is 0 Å². The maximum atomic E-state index is 12.8. The highest BCUT2D eigenvalue weighted by Crippen LogP contribution is 2.31. The number of aryl methyl sites for hydroxylation is 2. The van der Waals surface area contributed by atoms with Gasteiger partial charge >= 0.3 is 5.69 Å². The number of anilines is 1. The Hall–Kier alpha value is -2.73. The Kier molecular flexibility index (Phi) is 5.28. The van der Waals surface area contributed by atoms with Gasteiger partial charge in [-0.1, -0.05) is 18.0 Å². The number of nitrogens with one attached hydrogen (secondary N) is 1. The van der Waals surface area contributed by atoms with Crippen LogP contribution in [0, 0.1) is 6.92 Å². The summed E-state index contributed by atoms with van der Waals surface area (Å²) < 4.78 is 35.4. The molecule has 1 N–H and O–H groups in total. The third-order valence-corrected chi connectivity index (χ3v) is 8.63. The van der Waals surface area contributed by atoms with Crippen LogP contribution in [0.15, 0.2) is 26.6 Å². The average molecular weight is 462 g/mol. The zero-order valence-electron chi connectivity index (χ0n) is 18.2. The van der Waals surface area contributed by atoms with Gasteiger partial charge in [0.25, 0.3) is 0 Å². The first-order valence-electron chi connectivity index (χ1n) is 11.0. The quantitative estimate of drug-likeness (QED) is 0.609. The second kappa shape index (κ2) is 8.00. The molecule has 0 unspecified atom stereocenters. The fraction of sp³-hybridized carbons (Fsp3) is 0.600. The van der Waals surface area contributed by atoms with Crippen LogP contribution < -0.4 is 11.0 Å². The van der Waals surface area contributed by atoms with Crippen LogP contribution in [-0.2, 0) is 17.1 Å². The summed E-state index contributed by atoms with van der Waals surface area (Å²) in [6.07, 6.45) is 8.41. The van der Waals surface area contributed by atoms with Crippen LogP contribution in [0.25, 0.3) is 11.2 Å². The van der Waals surface area contributed by atoms with Gasteiger partial charge in [-0.05, 0) is 32.6 Å². The summed E-state index contributed by atoms with van der Waals surface area (Å²) >= 11 is 0. The first-order chi connectivity index (χ1) is 15.4. The van der Waals surface area contributed by atoms with E-state index in [-0.39, 0.29) is 22.7 Å². The molecule has 1 aliphatic carbocycles. The maximum absolute atomic E-state index is 12.8. The maximum Gasteiger partial charge on any atom is 0.330 e. The molecule has 2 fully saturated rings. The number of sulfonamides is 1. The predicted octanol–water partition coefficient (Wildman–Crippen LogP) is 1.81. The van der Waals surface area contributed by atoms with E-state index in [1.54, 1.807) is 24.7 Å². The van der Waals surface area contributed by atoms with E-state index in [0.29, 0.717) is 43.3 Å². The molecule has 2 aliphatic rings. The number of nitrogens with zero attached hydrogens (tertiary/aromatic N) is 6. The molecule has 1 saturated carbocycles. The Balaban J connectivity index is 1.32. The molecule has 172 valence electrons. The Morgan fingerprint density at radius 2 is 1.84 bits per heavy atom. The third-order valence-electron chi connectivity index (χ3n) is 6.63. The molecular formula is C20H27N7O4S. The Morgan fingerprint density at radius 1 is 1.12 bits per heavy atom. The first kappa shape index (κ1) is 21.1. The molecule has 32 heavy (non-hydrogen) atoms. The SMILES string of the molecule is Cc1oncc1S(=O)(=O)N1CCC(Nc2ncc3c(n2)n(C2CCCC2)c(=O)n3C)CC1. The van der Waals surface area contributed by atoms with Gasteiger partial charge in [-0.15, -0.1) is 0 Å².